The zero-order valence-corrected chi connectivity index (χ0v) is 16.3. The fraction of sp³-hybridized carbons (Fsp3) is 0.278. The van der Waals surface area contributed by atoms with Crippen LogP contribution >= 0.6 is 11.6 Å². The molecule has 0 aliphatic carbocycles. The average molecular weight is 415 g/mol. The van der Waals surface area contributed by atoms with E-state index in [0.29, 0.717) is 19.6 Å². The number of carbonyl (C=O) groups excluding carboxylic acids is 1. The van der Waals surface area contributed by atoms with Crippen molar-refractivity contribution in [2.24, 2.45) is 0 Å². The number of halogens is 2. The molecule has 0 saturated carbocycles. The zero-order chi connectivity index (χ0) is 19.9. The number of benzene rings is 2. The first-order valence-electron chi connectivity index (χ1n) is 8.14. The number of methoxy groups -OCH3 is 1. The molecule has 6 nitrogen and oxygen atoms in total. The SMILES string of the molecule is COCCCNC(=O)CN(c1ccc(F)c(Cl)c1)S(=O)(=O)c1ccccc1. The van der Waals surface area contributed by atoms with Gasteiger partial charge in [0.2, 0.25) is 5.91 Å². The molecule has 0 unspecified atom stereocenters. The Hall–Kier alpha value is -2.16. The topological polar surface area (TPSA) is 75.7 Å². The van der Waals surface area contributed by atoms with Crippen molar-refractivity contribution in [2.45, 2.75) is 11.3 Å². The maximum Gasteiger partial charge on any atom is 0.264 e. The maximum absolute atomic E-state index is 13.5. The lowest BCUT2D eigenvalue weighted by molar-refractivity contribution is -0.119. The summed E-state index contributed by atoms with van der Waals surface area (Å²) in [6, 6.07) is 11.2. The summed E-state index contributed by atoms with van der Waals surface area (Å²) in [5.41, 5.74) is 0.0947. The van der Waals surface area contributed by atoms with Crippen molar-refractivity contribution >= 4 is 33.2 Å². The fourth-order valence-corrected chi connectivity index (χ4v) is 3.91. The fourth-order valence-electron chi connectivity index (χ4n) is 2.31. The third kappa shape index (κ3) is 5.66. The van der Waals surface area contributed by atoms with Gasteiger partial charge in [0.15, 0.2) is 0 Å². The van der Waals surface area contributed by atoms with E-state index in [1.54, 1.807) is 25.3 Å². The lowest BCUT2D eigenvalue weighted by Crippen LogP contribution is -2.41. The number of sulfonamides is 1. The molecule has 1 amide bonds. The van der Waals surface area contributed by atoms with Crippen molar-refractivity contribution in [3.63, 3.8) is 0 Å². The monoisotopic (exact) mass is 414 g/mol. The van der Waals surface area contributed by atoms with Gasteiger partial charge in [0, 0.05) is 20.3 Å². The van der Waals surface area contributed by atoms with E-state index in [2.05, 4.69) is 5.32 Å². The van der Waals surface area contributed by atoms with Crippen molar-refractivity contribution < 1.29 is 22.3 Å². The molecule has 0 heterocycles. The van der Waals surface area contributed by atoms with Crippen LogP contribution in [0.25, 0.3) is 0 Å². The van der Waals surface area contributed by atoms with Crippen LogP contribution in [0.4, 0.5) is 10.1 Å². The normalized spacial score (nSPS) is 11.2. The molecule has 2 rings (SSSR count). The number of hydrogen-bond donors (Lipinski definition) is 1. The van der Waals surface area contributed by atoms with E-state index in [9.17, 15) is 17.6 Å². The highest BCUT2D eigenvalue weighted by molar-refractivity contribution is 7.92. The molecule has 146 valence electrons. The molecule has 0 fully saturated rings. The van der Waals surface area contributed by atoms with Gasteiger partial charge in [-0.15, -0.1) is 0 Å². The third-order valence-corrected chi connectivity index (χ3v) is 5.73. The first-order chi connectivity index (χ1) is 12.9. The van der Waals surface area contributed by atoms with Crippen LogP contribution < -0.4 is 9.62 Å². The minimum absolute atomic E-state index is 0.0117. The zero-order valence-electron chi connectivity index (χ0n) is 14.7. The molecule has 0 radical (unpaired) electrons. The Morgan fingerprint density at radius 1 is 1.22 bits per heavy atom. The molecule has 0 aromatic heterocycles. The predicted octanol–water partition coefficient (Wildman–Crippen LogP) is 2.83. The Kier molecular flexibility index (Phi) is 7.58. The summed E-state index contributed by atoms with van der Waals surface area (Å²) < 4.78 is 45.4. The second-order valence-corrected chi connectivity index (χ2v) is 7.89. The van der Waals surface area contributed by atoms with Gasteiger partial charge in [-0.05, 0) is 36.8 Å². The summed E-state index contributed by atoms with van der Waals surface area (Å²) in [7, 11) is -2.50. The number of rotatable bonds is 9. The van der Waals surface area contributed by atoms with Crippen LogP contribution in [0.3, 0.4) is 0 Å². The van der Waals surface area contributed by atoms with Gasteiger partial charge in [0.1, 0.15) is 12.4 Å². The van der Waals surface area contributed by atoms with E-state index in [1.807, 2.05) is 0 Å². The van der Waals surface area contributed by atoms with E-state index >= 15 is 0 Å². The summed E-state index contributed by atoms with van der Waals surface area (Å²) in [5.74, 6) is -1.17. The van der Waals surface area contributed by atoms with Gasteiger partial charge in [-0.2, -0.15) is 0 Å². The molecule has 0 aliphatic heterocycles. The number of anilines is 1. The van der Waals surface area contributed by atoms with Crippen LogP contribution in [0.1, 0.15) is 6.42 Å². The highest BCUT2D eigenvalue weighted by atomic mass is 35.5. The Morgan fingerprint density at radius 2 is 1.93 bits per heavy atom. The highest BCUT2D eigenvalue weighted by Crippen LogP contribution is 2.27. The predicted molar refractivity (Wildman–Crippen MR) is 102 cm³/mol. The largest absolute Gasteiger partial charge is 0.385 e. The molecule has 0 bridgehead atoms. The van der Waals surface area contributed by atoms with Crippen molar-refractivity contribution in [1.82, 2.24) is 5.32 Å². The third-order valence-electron chi connectivity index (χ3n) is 3.66. The highest BCUT2D eigenvalue weighted by Gasteiger charge is 2.27. The van der Waals surface area contributed by atoms with Gasteiger partial charge in [-0.25, -0.2) is 12.8 Å². The molecular formula is C18H20ClFN2O4S. The Balaban J connectivity index is 2.31. The molecule has 0 aliphatic rings. The summed E-state index contributed by atoms with van der Waals surface area (Å²) in [6.07, 6.45) is 0.593. The Bertz CT molecular complexity index is 878. The molecule has 0 atom stereocenters. The number of amides is 1. The molecule has 0 spiro atoms. The first-order valence-corrected chi connectivity index (χ1v) is 9.96. The Labute approximate surface area is 162 Å². The molecular weight excluding hydrogens is 395 g/mol. The first kappa shape index (κ1) is 21.1. The van der Waals surface area contributed by atoms with E-state index in [0.717, 1.165) is 10.4 Å². The summed E-state index contributed by atoms with van der Waals surface area (Å²) in [5, 5.41) is 2.40. The minimum Gasteiger partial charge on any atom is -0.385 e. The molecule has 27 heavy (non-hydrogen) atoms. The van der Waals surface area contributed by atoms with Gasteiger partial charge in [-0.3, -0.25) is 9.10 Å². The summed E-state index contributed by atoms with van der Waals surface area (Å²) >= 11 is 5.80. The second kappa shape index (κ2) is 9.68. The van der Waals surface area contributed by atoms with Crippen molar-refractivity contribution in [2.75, 3.05) is 31.1 Å². The number of ether oxygens (including phenoxy) is 1. The number of carbonyl (C=O) groups is 1. The van der Waals surface area contributed by atoms with E-state index in [4.69, 9.17) is 16.3 Å². The summed E-state index contributed by atoms with van der Waals surface area (Å²) in [6.45, 7) is 0.349. The molecule has 0 saturated heterocycles. The van der Waals surface area contributed by atoms with Gasteiger partial charge in [0.05, 0.1) is 15.6 Å². The number of nitrogens with zero attached hydrogens (tertiary/aromatic N) is 1. The van der Waals surface area contributed by atoms with E-state index < -0.39 is 28.3 Å². The lowest BCUT2D eigenvalue weighted by atomic mass is 10.3. The van der Waals surface area contributed by atoms with E-state index in [-0.39, 0.29) is 15.6 Å². The van der Waals surface area contributed by atoms with Gasteiger partial charge < -0.3 is 10.1 Å². The van der Waals surface area contributed by atoms with Crippen LogP contribution in [0.15, 0.2) is 53.4 Å². The van der Waals surface area contributed by atoms with Crippen LogP contribution in [-0.4, -0.2) is 41.1 Å². The quantitative estimate of drug-likeness (QED) is 0.640. The van der Waals surface area contributed by atoms with Crippen LogP contribution in [0, 0.1) is 5.82 Å². The molecule has 9 heteroatoms. The second-order valence-electron chi connectivity index (χ2n) is 5.62. The van der Waals surface area contributed by atoms with Crippen LogP contribution in [0.5, 0.6) is 0 Å². The van der Waals surface area contributed by atoms with Gasteiger partial charge >= 0.3 is 0 Å². The van der Waals surface area contributed by atoms with Crippen molar-refractivity contribution in [3.05, 3.63) is 59.4 Å². The van der Waals surface area contributed by atoms with Crippen molar-refractivity contribution in [1.29, 1.82) is 0 Å². The van der Waals surface area contributed by atoms with Crippen LogP contribution in [-0.2, 0) is 19.6 Å². The van der Waals surface area contributed by atoms with Crippen molar-refractivity contribution in [3.8, 4) is 0 Å². The average Bonchev–Trinajstić information content (AvgIpc) is 2.66. The number of nitrogens with one attached hydrogen (secondary N) is 1. The molecule has 2 aromatic rings. The lowest BCUT2D eigenvalue weighted by Gasteiger charge is -2.24. The van der Waals surface area contributed by atoms with Gasteiger partial charge in [0.25, 0.3) is 10.0 Å². The molecule has 1 N–H and O–H groups in total. The minimum atomic E-state index is -4.05. The van der Waals surface area contributed by atoms with Gasteiger partial charge in [-0.1, -0.05) is 29.8 Å². The molecule has 2 aromatic carbocycles. The smallest absolute Gasteiger partial charge is 0.264 e. The number of hydrogen-bond acceptors (Lipinski definition) is 4. The summed E-state index contributed by atoms with van der Waals surface area (Å²) in [4.78, 5) is 12.3. The Morgan fingerprint density at radius 3 is 2.56 bits per heavy atom. The van der Waals surface area contributed by atoms with Crippen LogP contribution in [0.2, 0.25) is 5.02 Å². The standard InChI is InChI=1S/C18H20ClFN2O4S/c1-26-11-5-10-21-18(23)13-22(14-8-9-17(20)16(19)12-14)27(24,25)15-6-3-2-4-7-15/h2-4,6-9,12H,5,10-11,13H2,1H3,(H,21,23). The van der Waals surface area contributed by atoms with E-state index in [1.165, 1.54) is 24.3 Å². The maximum atomic E-state index is 13.5.